The molecule has 2 heterocycles. The van der Waals surface area contributed by atoms with Crippen LogP contribution in [0.15, 0.2) is 41.7 Å². The van der Waals surface area contributed by atoms with E-state index in [1.54, 1.807) is 59.9 Å². The van der Waals surface area contributed by atoms with Crippen LogP contribution < -0.4 is 15.4 Å². The van der Waals surface area contributed by atoms with E-state index in [1.165, 1.54) is 10.8 Å². The maximum absolute atomic E-state index is 12.2. The number of benzene rings is 1. The van der Waals surface area contributed by atoms with Crippen LogP contribution in [0.3, 0.4) is 0 Å². The van der Waals surface area contributed by atoms with E-state index < -0.39 is 28.3 Å². The van der Waals surface area contributed by atoms with Gasteiger partial charge in [0, 0.05) is 39.3 Å². The molecule has 0 bridgehead atoms. The van der Waals surface area contributed by atoms with E-state index >= 15 is 0 Å². The number of carbonyl (C=O) groups is 2. The van der Waals surface area contributed by atoms with Gasteiger partial charge in [-0.2, -0.15) is 4.57 Å². The summed E-state index contributed by atoms with van der Waals surface area (Å²) in [6.07, 6.45) is 6.75. The molecule has 1 saturated heterocycles. The highest BCUT2D eigenvalue weighted by Crippen LogP contribution is 2.20. The van der Waals surface area contributed by atoms with E-state index in [0.29, 0.717) is 18.8 Å². The number of aromatic nitrogens is 2. The summed E-state index contributed by atoms with van der Waals surface area (Å²) in [7, 11) is 0. The van der Waals surface area contributed by atoms with Crippen molar-refractivity contribution < 1.29 is 28.7 Å². The molecule has 3 rings (SSSR count). The Kier molecular flexibility index (Phi) is 14.6. The number of aliphatic imine (C=N–C) groups is 1. The second kappa shape index (κ2) is 18.3. The molecule has 0 radical (unpaired) electrons. The van der Waals surface area contributed by atoms with Gasteiger partial charge in [-0.1, -0.05) is 24.2 Å². The predicted octanol–water partition coefficient (Wildman–Crippen LogP) is 5.13. The van der Waals surface area contributed by atoms with Crippen LogP contribution in [0.5, 0.6) is 5.75 Å². The SMILES string of the molecule is CC(C)(C)OC(=O)NC(=NCCCCCCCN1CCN(CCOc2ccc(-n3ccnc3[N+](=O)[O-])cc2)CC1)NC(=O)OC(C)(C)C. The highest BCUT2D eigenvalue weighted by Gasteiger charge is 2.21. The smallest absolute Gasteiger partial charge is 0.439 e. The molecule has 0 atom stereocenters. The molecule has 2 amide bonds. The lowest BCUT2D eigenvalue weighted by Crippen LogP contribution is -2.47. The quantitative estimate of drug-likeness (QED) is 0.0903. The molecule has 266 valence electrons. The molecule has 15 nitrogen and oxygen atoms in total. The second-order valence-corrected chi connectivity index (χ2v) is 13.6. The molecule has 1 aromatic carbocycles. The molecular formula is C33H52N8O7. The molecule has 0 unspecified atom stereocenters. The van der Waals surface area contributed by atoms with Gasteiger partial charge < -0.3 is 29.2 Å². The molecule has 0 aliphatic carbocycles. The third-order valence-corrected chi connectivity index (χ3v) is 7.18. The van der Waals surface area contributed by atoms with E-state index in [1.807, 2.05) is 12.1 Å². The molecule has 0 saturated carbocycles. The van der Waals surface area contributed by atoms with E-state index in [4.69, 9.17) is 14.2 Å². The van der Waals surface area contributed by atoms with Crippen LogP contribution in [0, 0.1) is 10.1 Å². The molecule has 48 heavy (non-hydrogen) atoms. The van der Waals surface area contributed by atoms with Gasteiger partial charge in [-0.25, -0.2) is 9.59 Å². The van der Waals surface area contributed by atoms with E-state index in [0.717, 1.165) is 77.1 Å². The highest BCUT2D eigenvalue weighted by molar-refractivity contribution is 6.01. The lowest BCUT2D eigenvalue weighted by Gasteiger charge is -2.34. The minimum atomic E-state index is -0.697. The number of hydrogen-bond acceptors (Lipinski definition) is 11. The van der Waals surface area contributed by atoms with Gasteiger partial charge in [0.05, 0.1) is 0 Å². The Balaban J connectivity index is 1.26. The number of piperazine rings is 1. The second-order valence-electron chi connectivity index (χ2n) is 13.6. The summed E-state index contributed by atoms with van der Waals surface area (Å²) in [6, 6.07) is 7.20. The van der Waals surface area contributed by atoms with Gasteiger partial charge in [-0.15, -0.1) is 0 Å². The van der Waals surface area contributed by atoms with Gasteiger partial charge in [0.2, 0.25) is 5.96 Å². The van der Waals surface area contributed by atoms with Gasteiger partial charge in [-0.05, 0) is 90.1 Å². The van der Waals surface area contributed by atoms with E-state index in [2.05, 4.69) is 30.4 Å². The first-order chi connectivity index (χ1) is 22.7. The summed E-state index contributed by atoms with van der Waals surface area (Å²) in [5.74, 6) is 0.518. The Hall–Kier alpha value is -4.24. The minimum Gasteiger partial charge on any atom is -0.492 e. The molecule has 1 fully saturated rings. The number of alkyl carbamates (subject to hydrolysis) is 2. The van der Waals surface area contributed by atoms with Crippen LogP contribution in [0.1, 0.15) is 73.6 Å². The zero-order valence-corrected chi connectivity index (χ0v) is 29.2. The van der Waals surface area contributed by atoms with Gasteiger partial charge in [0.1, 0.15) is 41.6 Å². The van der Waals surface area contributed by atoms with Crippen molar-refractivity contribution in [1.29, 1.82) is 0 Å². The van der Waals surface area contributed by atoms with Crippen molar-refractivity contribution in [3.63, 3.8) is 0 Å². The lowest BCUT2D eigenvalue weighted by molar-refractivity contribution is -0.395. The number of carbonyl (C=O) groups excluding carboxylic acids is 2. The molecule has 1 aromatic heterocycles. The van der Waals surface area contributed by atoms with Crippen molar-refractivity contribution >= 4 is 24.1 Å². The zero-order chi connectivity index (χ0) is 35.2. The van der Waals surface area contributed by atoms with Gasteiger partial charge in [0.15, 0.2) is 0 Å². The molecule has 1 aliphatic heterocycles. The van der Waals surface area contributed by atoms with Crippen molar-refractivity contribution in [3.05, 3.63) is 46.8 Å². The molecule has 2 aromatic rings. The van der Waals surface area contributed by atoms with Crippen LogP contribution in [0.25, 0.3) is 5.69 Å². The Morgan fingerprint density at radius 3 is 1.96 bits per heavy atom. The van der Waals surface area contributed by atoms with Crippen molar-refractivity contribution in [2.75, 3.05) is 52.4 Å². The third kappa shape index (κ3) is 14.7. The maximum atomic E-state index is 12.2. The third-order valence-electron chi connectivity index (χ3n) is 7.18. The summed E-state index contributed by atoms with van der Waals surface area (Å²) < 4.78 is 17.9. The van der Waals surface area contributed by atoms with Crippen LogP contribution in [0.2, 0.25) is 0 Å². The van der Waals surface area contributed by atoms with Crippen molar-refractivity contribution in [1.82, 2.24) is 30.0 Å². The Labute approximate surface area is 283 Å². The van der Waals surface area contributed by atoms with Crippen molar-refractivity contribution in [3.8, 4) is 11.4 Å². The number of guanidine groups is 1. The maximum Gasteiger partial charge on any atom is 0.439 e. The number of nitrogens with zero attached hydrogens (tertiary/aromatic N) is 6. The molecule has 2 N–H and O–H groups in total. The molecule has 15 heteroatoms. The van der Waals surface area contributed by atoms with E-state index in [-0.39, 0.29) is 11.9 Å². The highest BCUT2D eigenvalue weighted by atomic mass is 16.6. The Morgan fingerprint density at radius 2 is 1.40 bits per heavy atom. The zero-order valence-electron chi connectivity index (χ0n) is 29.2. The van der Waals surface area contributed by atoms with Crippen LogP contribution in [-0.2, 0) is 9.47 Å². The monoisotopic (exact) mass is 672 g/mol. The van der Waals surface area contributed by atoms with Gasteiger partial charge in [0.25, 0.3) is 0 Å². The Bertz CT molecular complexity index is 1310. The fourth-order valence-electron chi connectivity index (χ4n) is 4.94. The largest absolute Gasteiger partial charge is 0.492 e. The number of rotatable bonds is 14. The first-order valence-electron chi connectivity index (χ1n) is 16.6. The summed E-state index contributed by atoms with van der Waals surface area (Å²) in [5.41, 5.74) is -0.707. The lowest BCUT2D eigenvalue weighted by atomic mass is 10.1. The topological polar surface area (TPSA) is 166 Å². The summed E-state index contributed by atoms with van der Waals surface area (Å²) in [4.78, 5) is 48.1. The van der Waals surface area contributed by atoms with Crippen LogP contribution in [-0.4, -0.2) is 106 Å². The van der Waals surface area contributed by atoms with Crippen LogP contribution >= 0.6 is 0 Å². The fourth-order valence-corrected chi connectivity index (χ4v) is 4.94. The van der Waals surface area contributed by atoms with Gasteiger partial charge >= 0.3 is 18.1 Å². The molecule has 0 spiro atoms. The minimum absolute atomic E-state index is 0.0135. The predicted molar refractivity (Wildman–Crippen MR) is 183 cm³/mol. The van der Waals surface area contributed by atoms with E-state index in [9.17, 15) is 19.7 Å². The Morgan fingerprint density at radius 1 is 0.854 bits per heavy atom. The van der Waals surface area contributed by atoms with Crippen molar-refractivity contribution in [2.45, 2.75) is 84.8 Å². The fraction of sp³-hybridized carbons (Fsp3) is 0.636. The number of ether oxygens (including phenoxy) is 3. The van der Waals surface area contributed by atoms with Crippen LogP contribution in [0.4, 0.5) is 15.5 Å². The number of imidazole rings is 1. The summed E-state index contributed by atoms with van der Waals surface area (Å²) in [6.45, 7) is 17.6. The molecular weight excluding hydrogens is 620 g/mol. The normalized spacial score (nSPS) is 14.2. The number of unbranched alkanes of at least 4 members (excludes halogenated alkanes) is 4. The number of amides is 2. The average Bonchev–Trinajstić information content (AvgIpc) is 3.48. The average molecular weight is 673 g/mol. The molecule has 1 aliphatic rings. The first kappa shape index (κ1) is 38.2. The summed E-state index contributed by atoms with van der Waals surface area (Å²) in [5, 5.41) is 16.1. The number of nitro groups is 1. The standard InChI is InChI=1S/C33H52N8O7/c1-32(2,3)47-30(42)36-28(37-31(43)48-33(4,5)6)34-16-10-8-7-9-11-18-38-20-22-39(23-21-38)24-25-46-27-14-12-26(13-15-27)40-19-17-35-29(40)41(44)45/h12-15,17,19H,7-11,16,18,20-25H2,1-6H3,(H2,34,36,37,42,43). The van der Waals surface area contributed by atoms with Crippen molar-refractivity contribution in [2.24, 2.45) is 4.99 Å². The number of hydrogen-bond donors (Lipinski definition) is 2. The van der Waals surface area contributed by atoms with Gasteiger partial charge in [-0.3, -0.25) is 20.5 Å². The first-order valence-corrected chi connectivity index (χ1v) is 16.6. The number of nitrogens with one attached hydrogen (secondary N) is 2. The summed E-state index contributed by atoms with van der Waals surface area (Å²) >= 11 is 0.